The van der Waals surface area contributed by atoms with Gasteiger partial charge < -0.3 is 18.9 Å². The van der Waals surface area contributed by atoms with Gasteiger partial charge in [-0.05, 0) is 31.0 Å². The average Bonchev–Trinajstić information content (AvgIpc) is 3.39. The molecule has 160 valence electrons. The maximum absolute atomic E-state index is 13.5. The summed E-state index contributed by atoms with van der Waals surface area (Å²) in [4.78, 5) is 15.4. The number of pyridine rings is 1. The Kier molecular flexibility index (Phi) is 4.77. The molecule has 0 bridgehead atoms. The molecule has 1 amide bonds. The third-order valence-electron chi connectivity index (χ3n) is 6.19. The van der Waals surface area contributed by atoms with E-state index in [9.17, 15) is 4.79 Å². The summed E-state index contributed by atoms with van der Waals surface area (Å²) < 4.78 is 14.9. The van der Waals surface area contributed by atoms with Crippen LogP contribution < -0.4 is 9.47 Å². The van der Waals surface area contributed by atoms with Crippen molar-refractivity contribution in [2.45, 2.75) is 18.8 Å². The molecule has 8 nitrogen and oxygen atoms in total. The summed E-state index contributed by atoms with van der Waals surface area (Å²) >= 11 is 0. The number of rotatable bonds is 4. The molecule has 1 aliphatic heterocycles. The number of ether oxygens (including phenoxy) is 2. The fourth-order valence-corrected chi connectivity index (χ4v) is 4.54. The van der Waals surface area contributed by atoms with Gasteiger partial charge in [-0.25, -0.2) is 0 Å². The molecule has 1 atom stereocenters. The van der Waals surface area contributed by atoms with Crippen molar-refractivity contribution in [3.8, 4) is 11.5 Å². The van der Waals surface area contributed by atoms with Crippen LogP contribution in [-0.2, 0) is 7.05 Å². The second-order valence-electron chi connectivity index (χ2n) is 7.93. The lowest BCUT2D eigenvalue weighted by Crippen LogP contribution is -2.40. The Hall–Kier alpha value is -3.55. The molecule has 0 saturated carbocycles. The fourth-order valence-electron chi connectivity index (χ4n) is 4.54. The predicted molar refractivity (Wildman–Crippen MR) is 117 cm³/mol. The van der Waals surface area contributed by atoms with E-state index in [1.807, 2.05) is 63.5 Å². The zero-order chi connectivity index (χ0) is 21.5. The number of aromatic nitrogens is 4. The van der Waals surface area contributed by atoms with Crippen molar-refractivity contribution in [3.63, 3.8) is 0 Å². The van der Waals surface area contributed by atoms with Gasteiger partial charge in [-0.2, -0.15) is 0 Å². The maximum Gasteiger partial charge on any atom is 0.270 e. The molecular formula is C23H25N5O3. The first-order valence-corrected chi connectivity index (χ1v) is 10.4. The summed E-state index contributed by atoms with van der Waals surface area (Å²) in [6.07, 6.45) is 3.90. The minimum atomic E-state index is 0.0123. The van der Waals surface area contributed by atoms with Gasteiger partial charge in [0.15, 0.2) is 5.65 Å². The van der Waals surface area contributed by atoms with Gasteiger partial charge in [0, 0.05) is 49.8 Å². The lowest BCUT2D eigenvalue weighted by atomic mass is 9.97. The van der Waals surface area contributed by atoms with E-state index in [2.05, 4.69) is 10.2 Å². The highest BCUT2D eigenvalue weighted by Crippen LogP contribution is 2.34. The van der Waals surface area contributed by atoms with E-state index in [1.165, 1.54) is 0 Å². The monoisotopic (exact) mass is 419 g/mol. The van der Waals surface area contributed by atoms with Gasteiger partial charge >= 0.3 is 0 Å². The summed E-state index contributed by atoms with van der Waals surface area (Å²) in [5.74, 6) is 2.46. The number of hydrogen-bond donors (Lipinski definition) is 0. The maximum atomic E-state index is 13.5. The zero-order valence-electron chi connectivity index (χ0n) is 17.9. The van der Waals surface area contributed by atoms with Gasteiger partial charge in [-0.1, -0.05) is 6.07 Å². The number of amides is 1. The summed E-state index contributed by atoms with van der Waals surface area (Å²) in [6, 6.07) is 11.5. The van der Waals surface area contributed by atoms with E-state index in [4.69, 9.17) is 9.47 Å². The van der Waals surface area contributed by atoms with Crippen LogP contribution in [0.25, 0.3) is 16.6 Å². The first kappa shape index (κ1) is 19.4. The van der Waals surface area contributed by atoms with E-state index < -0.39 is 0 Å². The Morgan fingerprint density at radius 1 is 1.13 bits per heavy atom. The number of hydrogen-bond acceptors (Lipinski definition) is 5. The molecule has 1 saturated heterocycles. The van der Waals surface area contributed by atoms with Crippen LogP contribution in [0, 0.1) is 0 Å². The molecule has 0 radical (unpaired) electrons. The molecule has 1 fully saturated rings. The minimum absolute atomic E-state index is 0.0123. The molecule has 31 heavy (non-hydrogen) atoms. The number of aryl methyl sites for hydroxylation is 1. The second-order valence-corrected chi connectivity index (χ2v) is 7.93. The number of benzene rings is 1. The second kappa shape index (κ2) is 7.61. The van der Waals surface area contributed by atoms with Crippen molar-refractivity contribution in [2.24, 2.45) is 7.05 Å². The highest BCUT2D eigenvalue weighted by molar-refractivity contribution is 6.01. The van der Waals surface area contributed by atoms with Crippen molar-refractivity contribution in [1.82, 2.24) is 24.1 Å². The zero-order valence-corrected chi connectivity index (χ0v) is 17.9. The van der Waals surface area contributed by atoms with Gasteiger partial charge in [0.05, 0.1) is 19.7 Å². The smallest absolute Gasteiger partial charge is 0.270 e. The van der Waals surface area contributed by atoms with Crippen LogP contribution in [0.15, 0.2) is 42.6 Å². The Morgan fingerprint density at radius 3 is 2.81 bits per heavy atom. The van der Waals surface area contributed by atoms with Crippen molar-refractivity contribution in [2.75, 3.05) is 27.3 Å². The van der Waals surface area contributed by atoms with Crippen LogP contribution in [0.4, 0.5) is 0 Å². The van der Waals surface area contributed by atoms with E-state index in [1.54, 1.807) is 14.2 Å². The van der Waals surface area contributed by atoms with Gasteiger partial charge in [0.25, 0.3) is 5.91 Å². The molecule has 5 rings (SSSR count). The molecule has 8 heteroatoms. The molecular weight excluding hydrogens is 394 g/mol. The van der Waals surface area contributed by atoms with Crippen molar-refractivity contribution >= 4 is 22.5 Å². The molecule has 0 spiro atoms. The first-order chi connectivity index (χ1) is 15.1. The Balaban J connectivity index is 1.47. The van der Waals surface area contributed by atoms with Crippen LogP contribution in [-0.4, -0.2) is 57.3 Å². The largest absolute Gasteiger partial charge is 0.497 e. The molecule has 0 N–H and O–H groups in total. The third kappa shape index (κ3) is 3.19. The number of nitrogens with zero attached hydrogens (tertiary/aromatic N) is 5. The summed E-state index contributed by atoms with van der Waals surface area (Å²) in [6.45, 7) is 1.35. The molecule has 4 heterocycles. The third-order valence-corrected chi connectivity index (χ3v) is 6.19. The van der Waals surface area contributed by atoms with Gasteiger partial charge in [0.2, 0.25) is 0 Å². The normalized spacial score (nSPS) is 16.7. The van der Waals surface area contributed by atoms with Crippen LogP contribution in [0.2, 0.25) is 0 Å². The van der Waals surface area contributed by atoms with E-state index in [0.717, 1.165) is 41.8 Å². The molecule has 3 aromatic heterocycles. The summed E-state index contributed by atoms with van der Waals surface area (Å²) in [7, 11) is 5.15. The highest BCUT2D eigenvalue weighted by atomic mass is 16.5. The number of carbonyl (C=O) groups excluding carboxylic acids is 1. The van der Waals surface area contributed by atoms with Crippen LogP contribution >= 0.6 is 0 Å². The van der Waals surface area contributed by atoms with Gasteiger partial charge in [0.1, 0.15) is 23.0 Å². The number of fused-ring (bicyclic) bond motifs is 2. The standard InChI is InChI=1S/C23H25N5O3/c1-26-18-11-16(30-2)12-20(31-3)17(18)13-19(26)23(29)27-9-6-7-15(14-27)22-25-24-21-8-4-5-10-28(21)22/h4-5,8,10-13,15H,6-7,9,14H2,1-3H3/t15-/m1/s1. The summed E-state index contributed by atoms with van der Waals surface area (Å²) in [5, 5.41) is 9.59. The Labute approximate surface area is 180 Å². The van der Waals surface area contributed by atoms with Gasteiger partial charge in [-0.3, -0.25) is 9.20 Å². The average molecular weight is 419 g/mol. The SMILES string of the molecule is COc1cc(OC)c2cc(C(=O)N3CCC[C@@H](c4nnc5ccccn45)C3)n(C)c2c1. The molecule has 4 aromatic rings. The number of piperidine rings is 1. The molecule has 1 aliphatic rings. The van der Waals surface area contributed by atoms with Gasteiger partial charge in [-0.15, -0.1) is 10.2 Å². The topological polar surface area (TPSA) is 73.9 Å². The molecule has 0 aliphatic carbocycles. The lowest BCUT2D eigenvalue weighted by Gasteiger charge is -2.32. The van der Waals surface area contributed by atoms with E-state index >= 15 is 0 Å². The highest BCUT2D eigenvalue weighted by Gasteiger charge is 2.30. The first-order valence-electron chi connectivity index (χ1n) is 10.4. The minimum Gasteiger partial charge on any atom is -0.497 e. The number of likely N-dealkylation sites (tertiary alicyclic amines) is 1. The fraction of sp³-hybridized carbons (Fsp3) is 0.348. The van der Waals surface area contributed by atoms with Crippen LogP contribution in [0.3, 0.4) is 0 Å². The van der Waals surface area contributed by atoms with Crippen LogP contribution in [0.1, 0.15) is 35.1 Å². The Morgan fingerprint density at radius 2 is 2.00 bits per heavy atom. The Bertz CT molecular complexity index is 1280. The summed E-state index contributed by atoms with van der Waals surface area (Å²) in [5.41, 5.74) is 2.36. The van der Waals surface area contributed by atoms with Crippen molar-refractivity contribution in [1.29, 1.82) is 0 Å². The van der Waals surface area contributed by atoms with E-state index in [-0.39, 0.29) is 11.8 Å². The molecule has 0 unspecified atom stereocenters. The molecule has 1 aromatic carbocycles. The van der Waals surface area contributed by atoms with Crippen molar-refractivity contribution < 1.29 is 14.3 Å². The number of carbonyl (C=O) groups is 1. The van der Waals surface area contributed by atoms with Crippen LogP contribution in [0.5, 0.6) is 11.5 Å². The predicted octanol–water partition coefficient (Wildman–Crippen LogP) is 3.26. The quantitative estimate of drug-likeness (QED) is 0.508. The van der Waals surface area contributed by atoms with Crippen molar-refractivity contribution in [3.05, 3.63) is 54.1 Å². The number of methoxy groups -OCH3 is 2. The van der Waals surface area contributed by atoms with E-state index in [0.29, 0.717) is 23.7 Å². The lowest BCUT2D eigenvalue weighted by molar-refractivity contribution is 0.0695.